The lowest BCUT2D eigenvalue weighted by Crippen LogP contribution is -2.32. The monoisotopic (exact) mass is 784 g/mol. The van der Waals surface area contributed by atoms with Gasteiger partial charge in [-0.1, -0.05) is 133 Å². The van der Waals surface area contributed by atoms with Crippen LogP contribution in [0.5, 0.6) is 0 Å². The van der Waals surface area contributed by atoms with E-state index in [2.05, 4.69) is 34.7 Å². The van der Waals surface area contributed by atoms with Gasteiger partial charge in [-0.25, -0.2) is 33.6 Å². The summed E-state index contributed by atoms with van der Waals surface area (Å²) in [5.74, 6) is 1.47. The smallest absolute Gasteiger partial charge is 0.423 e. The van der Waals surface area contributed by atoms with Gasteiger partial charge in [0.1, 0.15) is 11.6 Å². The second-order valence-electron chi connectivity index (χ2n) is 12.0. The summed E-state index contributed by atoms with van der Waals surface area (Å²) in [4.78, 5) is 29.9. The summed E-state index contributed by atoms with van der Waals surface area (Å²) in [6.07, 6.45) is 0. The average Bonchev–Trinajstić information content (AvgIpc) is 3.27. The van der Waals surface area contributed by atoms with Crippen LogP contribution < -0.4 is 5.46 Å². The van der Waals surface area contributed by atoms with Crippen LogP contribution in [0.25, 0.3) is 61.8 Å². The number of aromatic nitrogens is 6. The summed E-state index contributed by atoms with van der Waals surface area (Å²) in [5, 5.41) is 26.1. The lowest BCUT2D eigenvalue weighted by atomic mass is 9.77. The van der Waals surface area contributed by atoms with E-state index in [1.165, 1.54) is 24.3 Å². The van der Waals surface area contributed by atoms with E-state index >= 15 is 0 Å². The lowest BCUT2D eigenvalue weighted by molar-refractivity contribution is 0.425. The van der Waals surface area contributed by atoms with Crippen LogP contribution >= 0.6 is 11.6 Å². The highest BCUT2D eigenvalue weighted by atomic mass is 35.5. The van der Waals surface area contributed by atoms with Crippen molar-refractivity contribution in [3.63, 3.8) is 0 Å². The van der Waals surface area contributed by atoms with Gasteiger partial charge in [-0.15, -0.1) is 0 Å². The summed E-state index contributed by atoms with van der Waals surface area (Å²) in [7, 11) is -1.74. The fraction of sp³-hybridized carbons (Fsp3) is 0. The summed E-state index contributed by atoms with van der Waals surface area (Å²) in [6, 6.07) is 47.4. The first kappa shape index (κ1) is 40.1. The van der Waals surface area contributed by atoms with Gasteiger partial charge in [0.05, 0.1) is 18.2 Å². The van der Waals surface area contributed by atoms with Crippen LogP contribution in [0.3, 0.4) is 0 Å². The summed E-state index contributed by atoms with van der Waals surface area (Å²) in [6.45, 7) is 7.35. The van der Waals surface area contributed by atoms with E-state index in [0.717, 1.165) is 34.4 Å². The van der Waals surface area contributed by atoms with Crippen LogP contribution in [-0.4, -0.2) is 47.1 Å². The minimum Gasteiger partial charge on any atom is -0.423 e. The molecular weight excluding hydrogens is 757 g/mol. The van der Waals surface area contributed by atoms with E-state index in [0.29, 0.717) is 34.7 Å². The fourth-order valence-corrected chi connectivity index (χ4v) is 5.51. The molecule has 2 aromatic heterocycles. The minimum atomic E-state index is -1.74. The second kappa shape index (κ2) is 19.4. The molecule has 6 aromatic carbocycles. The Balaban J connectivity index is 0.000000159. The van der Waals surface area contributed by atoms with Crippen molar-refractivity contribution in [3.8, 4) is 63.0 Å². The van der Waals surface area contributed by atoms with Crippen molar-refractivity contribution in [3.05, 3.63) is 192 Å². The van der Waals surface area contributed by atoms with Crippen LogP contribution in [-0.2, 0) is 0 Å². The normalized spacial score (nSPS) is 10.1. The highest BCUT2D eigenvalue weighted by Gasteiger charge is 2.17. The van der Waals surface area contributed by atoms with Crippen molar-refractivity contribution in [2.24, 2.45) is 0 Å². The maximum Gasteiger partial charge on any atom is 0.489 e. The molecule has 0 bridgehead atoms. The first-order chi connectivity index (χ1) is 28.2. The van der Waals surface area contributed by atoms with Crippen LogP contribution in [0.4, 0.5) is 14.5 Å². The van der Waals surface area contributed by atoms with Crippen molar-refractivity contribution < 1.29 is 18.8 Å². The maximum atomic E-state index is 13.5. The molecule has 0 saturated carbocycles. The van der Waals surface area contributed by atoms with E-state index in [-0.39, 0.29) is 22.0 Å². The first-order valence-corrected chi connectivity index (χ1v) is 17.7. The van der Waals surface area contributed by atoms with Crippen LogP contribution in [0.2, 0.25) is 5.28 Å². The Morgan fingerprint density at radius 3 is 1.31 bits per heavy atom. The third-order valence-electron chi connectivity index (χ3n) is 8.11. The van der Waals surface area contributed by atoms with Gasteiger partial charge < -0.3 is 10.0 Å². The molecule has 0 amide bonds. The molecule has 2 N–H and O–H groups in total. The third kappa shape index (κ3) is 10.4. The van der Waals surface area contributed by atoms with Crippen molar-refractivity contribution >= 4 is 29.9 Å². The van der Waals surface area contributed by atoms with Gasteiger partial charge in [0.15, 0.2) is 29.1 Å². The molecule has 280 valence electrons. The van der Waals surface area contributed by atoms with Gasteiger partial charge in [0, 0.05) is 33.3 Å². The molecule has 0 atom stereocenters. The Hall–Kier alpha value is -7.55. The first-order valence-electron chi connectivity index (χ1n) is 17.3. The topological polar surface area (TPSA) is 146 Å². The molecule has 58 heavy (non-hydrogen) atoms. The SMILES string of the molecule is Clc1nc(-c2ccccc2)nc(-c2ccccc2)n1.N#Cc1cc(F)ccc1B(O)O.[C-]#[N+]c1cc(F)ccc1-c1nc(-c2ccccc2)nc(-c2ccccc2)n1. The fourth-order valence-electron chi connectivity index (χ4n) is 5.35. The molecule has 0 radical (unpaired) electrons. The Kier molecular flexibility index (Phi) is 13.4. The summed E-state index contributed by atoms with van der Waals surface area (Å²) in [5.41, 5.74) is 4.11. The second-order valence-corrected chi connectivity index (χ2v) is 12.4. The maximum absolute atomic E-state index is 13.5. The summed E-state index contributed by atoms with van der Waals surface area (Å²) < 4.78 is 26.0. The van der Waals surface area contributed by atoms with E-state index in [1.807, 2.05) is 121 Å². The number of nitriles is 1. The Morgan fingerprint density at radius 1 is 0.534 bits per heavy atom. The molecule has 0 saturated heterocycles. The zero-order chi connectivity index (χ0) is 40.9. The van der Waals surface area contributed by atoms with Crippen LogP contribution in [0, 0.1) is 29.5 Å². The lowest BCUT2D eigenvalue weighted by Gasteiger charge is -2.09. The molecule has 8 rings (SSSR count). The standard InChI is InChI=1S/C22H13FN4.C15H10ClN3.C7H5BFNO2/c1-24-19-14-17(23)12-13-18(19)22-26-20(15-8-4-2-5-9-15)25-21(27-22)16-10-6-3-7-11-16;16-15-18-13(11-7-3-1-4-8-11)17-14(19-15)12-9-5-2-6-10-12;9-6-1-2-7(8(11)12)5(3-6)4-10/h2-14H;1-10H;1-3,11-12H. The molecule has 0 spiro atoms. The highest BCUT2D eigenvalue weighted by Crippen LogP contribution is 2.31. The quantitative estimate of drug-likeness (QED) is 0.125. The predicted molar refractivity (Wildman–Crippen MR) is 219 cm³/mol. The number of hydrogen-bond acceptors (Lipinski definition) is 9. The van der Waals surface area contributed by atoms with Gasteiger partial charge in [0.2, 0.25) is 11.0 Å². The van der Waals surface area contributed by atoms with Gasteiger partial charge >= 0.3 is 7.12 Å². The van der Waals surface area contributed by atoms with Gasteiger partial charge in [0.25, 0.3) is 0 Å². The zero-order valence-electron chi connectivity index (χ0n) is 30.2. The van der Waals surface area contributed by atoms with Crippen LogP contribution in [0.1, 0.15) is 5.56 Å². The highest BCUT2D eigenvalue weighted by molar-refractivity contribution is 6.59. The van der Waals surface area contributed by atoms with Crippen molar-refractivity contribution in [1.29, 1.82) is 5.26 Å². The average molecular weight is 785 g/mol. The molecule has 2 heterocycles. The molecule has 0 aliphatic heterocycles. The molecule has 14 heteroatoms. The molecule has 8 aromatic rings. The van der Waals surface area contributed by atoms with Crippen molar-refractivity contribution in [1.82, 2.24) is 29.9 Å². The van der Waals surface area contributed by atoms with Gasteiger partial charge in [-0.05, 0) is 35.9 Å². The Labute approximate surface area is 337 Å². The van der Waals surface area contributed by atoms with E-state index in [1.54, 1.807) is 6.07 Å². The van der Waals surface area contributed by atoms with E-state index in [4.69, 9.17) is 33.5 Å². The number of nitrogens with zero attached hydrogens (tertiary/aromatic N) is 8. The molecule has 0 fully saturated rings. The number of halogens is 3. The van der Waals surface area contributed by atoms with Gasteiger partial charge in [-0.2, -0.15) is 15.2 Å². The minimum absolute atomic E-state index is 0.0129. The molecule has 0 aliphatic carbocycles. The Bertz CT molecular complexity index is 2610. The van der Waals surface area contributed by atoms with Crippen molar-refractivity contribution in [2.75, 3.05) is 0 Å². The molecule has 10 nitrogen and oxygen atoms in total. The number of hydrogen-bond donors (Lipinski definition) is 2. The van der Waals surface area contributed by atoms with E-state index < -0.39 is 18.8 Å². The molecule has 0 unspecified atom stereocenters. The van der Waals surface area contributed by atoms with Gasteiger partial charge in [-0.3, -0.25) is 0 Å². The number of rotatable bonds is 6. The largest absolute Gasteiger partial charge is 0.489 e. The molecule has 0 aliphatic rings. The van der Waals surface area contributed by atoms with Crippen LogP contribution in [0.15, 0.2) is 158 Å². The molecular formula is C44H28BClF2N8O2. The predicted octanol–water partition coefficient (Wildman–Crippen LogP) is 8.80. The van der Waals surface area contributed by atoms with E-state index in [9.17, 15) is 8.78 Å². The zero-order valence-corrected chi connectivity index (χ0v) is 31.0. The Morgan fingerprint density at radius 2 is 0.914 bits per heavy atom. The summed E-state index contributed by atoms with van der Waals surface area (Å²) >= 11 is 5.99. The van der Waals surface area contributed by atoms with Crippen molar-refractivity contribution in [2.45, 2.75) is 0 Å². The third-order valence-corrected chi connectivity index (χ3v) is 8.28. The number of benzene rings is 6.